The van der Waals surface area contributed by atoms with E-state index < -0.39 is 0 Å². The fraction of sp³-hybridized carbons (Fsp3) is 0.125. The second-order valence-corrected chi connectivity index (χ2v) is 11.0. The van der Waals surface area contributed by atoms with Gasteiger partial charge in [-0.15, -0.1) is 5.10 Å². The third kappa shape index (κ3) is 7.68. The monoisotopic (exact) mass is 630 g/mol. The lowest BCUT2D eigenvalue weighted by molar-refractivity contribution is -0.122. The van der Waals surface area contributed by atoms with Gasteiger partial charge in [0.2, 0.25) is 0 Å². The summed E-state index contributed by atoms with van der Waals surface area (Å²) in [4.78, 5) is 27.9. The average Bonchev–Trinajstić information content (AvgIpc) is 3.63. The number of rotatable bonds is 10. The molecule has 1 aliphatic heterocycles. The van der Waals surface area contributed by atoms with Crippen molar-refractivity contribution in [2.24, 2.45) is 10.2 Å². The number of aromatic hydroxyl groups is 1. The Morgan fingerprint density at radius 3 is 2.68 bits per heavy atom. The number of halogens is 1. The Bertz CT molecular complexity index is 1750. The smallest absolute Gasteiger partial charge is 0.267 e. The number of thioether (sulfide) groups is 1. The van der Waals surface area contributed by atoms with Gasteiger partial charge in [0.1, 0.15) is 11.5 Å². The van der Waals surface area contributed by atoms with Gasteiger partial charge in [-0.1, -0.05) is 29.3 Å². The Balaban J connectivity index is 1.37. The number of hydrogen-bond donors (Lipinski definition) is 2. The minimum atomic E-state index is -0.336. The Morgan fingerprint density at radius 1 is 1.11 bits per heavy atom. The first-order valence-corrected chi connectivity index (χ1v) is 14.5. The van der Waals surface area contributed by atoms with Crippen molar-refractivity contribution in [3.8, 4) is 17.2 Å². The minimum Gasteiger partial charge on any atom is -0.504 e. The highest BCUT2D eigenvalue weighted by Crippen LogP contribution is 2.36. The molecule has 0 unspecified atom stereocenters. The van der Waals surface area contributed by atoms with Crippen molar-refractivity contribution < 1.29 is 28.6 Å². The fourth-order valence-electron chi connectivity index (χ4n) is 4.08. The highest BCUT2D eigenvalue weighted by molar-refractivity contribution is 8.18. The number of nitrogens with zero attached hydrogens (tertiary/aromatic N) is 3. The van der Waals surface area contributed by atoms with Gasteiger partial charge in [-0.3, -0.25) is 14.5 Å². The summed E-state index contributed by atoms with van der Waals surface area (Å²) in [5, 5.41) is 21.9. The average molecular weight is 631 g/mol. The molecule has 1 fully saturated rings. The lowest BCUT2D eigenvalue weighted by atomic mass is 10.2. The van der Waals surface area contributed by atoms with E-state index in [2.05, 4.69) is 15.5 Å². The first-order valence-electron chi connectivity index (χ1n) is 13.3. The number of ether oxygens (including phenoxy) is 2. The predicted octanol–water partition coefficient (Wildman–Crippen LogP) is 6.48. The van der Waals surface area contributed by atoms with Crippen LogP contribution in [-0.2, 0) is 16.1 Å². The first-order chi connectivity index (χ1) is 21.3. The molecule has 1 aromatic heterocycles. The number of phenolic OH excluding ortho intramolecular Hbond substituents is 1. The SMILES string of the molecule is COc1cc(/C=N\N=C2\S/C(=C\c3cc(Cl)ccc3OCC(=O)Nc3ccc(C)cc3)C(=O)N2Cc2ccco2)ccc1O. The van der Waals surface area contributed by atoms with Crippen molar-refractivity contribution in [3.63, 3.8) is 0 Å². The number of amides is 2. The molecule has 2 amide bonds. The molecule has 1 aliphatic rings. The Hall–Kier alpha value is -5.00. The van der Waals surface area contributed by atoms with Crippen LogP contribution in [-0.4, -0.2) is 46.9 Å². The Morgan fingerprint density at radius 2 is 1.93 bits per heavy atom. The third-order valence-corrected chi connectivity index (χ3v) is 7.52. The molecule has 44 heavy (non-hydrogen) atoms. The molecule has 2 N–H and O–H groups in total. The quantitative estimate of drug-likeness (QED) is 0.117. The molecule has 0 aliphatic carbocycles. The van der Waals surface area contributed by atoms with E-state index in [1.807, 2.05) is 31.2 Å². The van der Waals surface area contributed by atoms with E-state index >= 15 is 0 Å². The number of benzene rings is 3. The van der Waals surface area contributed by atoms with Crippen LogP contribution < -0.4 is 14.8 Å². The lowest BCUT2D eigenvalue weighted by Crippen LogP contribution is -2.28. The van der Waals surface area contributed by atoms with Gasteiger partial charge in [0.25, 0.3) is 11.8 Å². The summed E-state index contributed by atoms with van der Waals surface area (Å²) in [7, 11) is 1.45. The van der Waals surface area contributed by atoms with Gasteiger partial charge in [0.05, 0.1) is 31.0 Å². The minimum absolute atomic E-state index is 0.00331. The van der Waals surface area contributed by atoms with Gasteiger partial charge in [-0.25, -0.2) is 0 Å². The largest absolute Gasteiger partial charge is 0.504 e. The summed E-state index contributed by atoms with van der Waals surface area (Å²) < 4.78 is 16.4. The number of hydrogen-bond acceptors (Lipinski definition) is 9. The lowest BCUT2D eigenvalue weighted by Gasteiger charge is -2.13. The Kier molecular flexibility index (Phi) is 9.68. The van der Waals surface area contributed by atoms with Gasteiger partial charge in [0.15, 0.2) is 23.3 Å². The van der Waals surface area contributed by atoms with Crippen LogP contribution in [0, 0.1) is 6.92 Å². The van der Waals surface area contributed by atoms with Crippen molar-refractivity contribution in [1.82, 2.24) is 4.90 Å². The molecule has 2 heterocycles. The number of carbonyl (C=O) groups is 2. The number of phenols is 1. The topological polar surface area (TPSA) is 126 Å². The molecule has 3 aromatic carbocycles. The van der Waals surface area contributed by atoms with E-state index in [9.17, 15) is 14.7 Å². The van der Waals surface area contributed by atoms with Crippen LogP contribution in [0.25, 0.3) is 6.08 Å². The molecular weight excluding hydrogens is 604 g/mol. The molecule has 224 valence electrons. The fourth-order valence-corrected chi connectivity index (χ4v) is 5.19. The van der Waals surface area contributed by atoms with Crippen LogP contribution in [0.5, 0.6) is 17.2 Å². The molecule has 1 saturated heterocycles. The van der Waals surface area contributed by atoms with Gasteiger partial charge in [0, 0.05) is 16.3 Å². The van der Waals surface area contributed by atoms with Crippen LogP contribution in [0.15, 0.2) is 98.6 Å². The van der Waals surface area contributed by atoms with Crippen LogP contribution >= 0.6 is 23.4 Å². The number of methoxy groups -OCH3 is 1. The summed E-state index contributed by atoms with van der Waals surface area (Å²) in [6.45, 7) is 1.85. The van der Waals surface area contributed by atoms with Crippen molar-refractivity contribution >= 4 is 58.3 Å². The zero-order valence-electron chi connectivity index (χ0n) is 23.7. The summed E-state index contributed by atoms with van der Waals surface area (Å²) in [5.74, 6) is 0.571. The molecule has 0 radical (unpaired) electrons. The van der Waals surface area contributed by atoms with E-state index in [0.29, 0.717) is 49.2 Å². The number of anilines is 1. The predicted molar refractivity (Wildman–Crippen MR) is 171 cm³/mol. The van der Waals surface area contributed by atoms with Crippen molar-refractivity contribution in [3.05, 3.63) is 111 Å². The molecule has 5 rings (SSSR count). The first kappa shape index (κ1) is 30.5. The van der Waals surface area contributed by atoms with E-state index in [4.69, 9.17) is 25.5 Å². The number of aryl methyl sites for hydroxylation is 1. The van der Waals surface area contributed by atoms with Crippen LogP contribution in [0.3, 0.4) is 0 Å². The highest BCUT2D eigenvalue weighted by Gasteiger charge is 2.34. The number of amidine groups is 1. The molecule has 12 heteroatoms. The number of furan rings is 1. The molecule has 0 saturated carbocycles. The van der Waals surface area contributed by atoms with E-state index in [1.165, 1.54) is 30.6 Å². The van der Waals surface area contributed by atoms with Gasteiger partial charge in [-0.2, -0.15) is 5.10 Å². The summed E-state index contributed by atoms with van der Waals surface area (Å²) in [6.07, 6.45) is 4.65. The molecule has 4 aromatic rings. The van der Waals surface area contributed by atoms with Crippen LogP contribution in [0.1, 0.15) is 22.5 Å². The summed E-state index contributed by atoms with van der Waals surface area (Å²) in [5.41, 5.74) is 2.89. The number of carbonyl (C=O) groups excluding carboxylic acids is 2. The van der Waals surface area contributed by atoms with E-state index in [0.717, 1.165) is 17.3 Å². The zero-order valence-corrected chi connectivity index (χ0v) is 25.3. The zero-order chi connectivity index (χ0) is 31.1. The van der Waals surface area contributed by atoms with E-state index in [1.54, 1.807) is 48.5 Å². The van der Waals surface area contributed by atoms with E-state index in [-0.39, 0.29) is 30.7 Å². The maximum Gasteiger partial charge on any atom is 0.267 e. The normalized spacial score (nSPS) is 15.0. The van der Waals surface area contributed by atoms with Crippen molar-refractivity contribution in [2.45, 2.75) is 13.5 Å². The Labute approximate surface area is 262 Å². The van der Waals surface area contributed by atoms with Gasteiger partial charge >= 0.3 is 0 Å². The summed E-state index contributed by atoms with van der Waals surface area (Å²) >= 11 is 7.41. The van der Waals surface area contributed by atoms with Crippen LogP contribution in [0.4, 0.5) is 5.69 Å². The highest BCUT2D eigenvalue weighted by atomic mass is 35.5. The molecule has 10 nitrogen and oxygen atoms in total. The number of nitrogens with one attached hydrogen (secondary N) is 1. The summed E-state index contributed by atoms with van der Waals surface area (Å²) in [6, 6.07) is 20.6. The standard InChI is InChI=1S/C32H27ClN4O6S/c1-20-5-9-24(10-6-20)35-30(39)19-43-27-12-8-23(33)15-22(27)16-29-31(40)37(18-25-4-3-13-42-25)32(44-29)36-34-17-21-7-11-26(38)28(14-21)41-2/h3-17,38H,18-19H2,1-2H3,(H,35,39)/b29-16-,34-17-,36-32+. The van der Waals surface area contributed by atoms with Crippen molar-refractivity contribution in [1.29, 1.82) is 0 Å². The molecule has 0 spiro atoms. The maximum atomic E-state index is 13.6. The third-order valence-electron chi connectivity index (χ3n) is 6.29. The molecular formula is C32H27ClN4O6S. The van der Waals surface area contributed by atoms with Gasteiger partial charge < -0.3 is 24.3 Å². The van der Waals surface area contributed by atoms with Crippen LogP contribution in [0.2, 0.25) is 5.02 Å². The second kappa shape index (κ2) is 14.0. The molecule has 0 atom stereocenters. The maximum absolute atomic E-state index is 13.6. The van der Waals surface area contributed by atoms with Gasteiger partial charge in [-0.05, 0) is 91.0 Å². The van der Waals surface area contributed by atoms with Crippen molar-refractivity contribution in [2.75, 3.05) is 19.0 Å². The second-order valence-electron chi connectivity index (χ2n) is 9.52. The molecule has 0 bridgehead atoms.